The molecule has 2 nitrogen and oxygen atoms in total. The molecule has 0 aliphatic heterocycles. The number of ether oxygens (including phenoxy) is 1. The Hall–Kier alpha value is -1.80. The summed E-state index contributed by atoms with van der Waals surface area (Å²) in [7, 11) is 1.70. The molecule has 0 saturated carbocycles. The summed E-state index contributed by atoms with van der Waals surface area (Å²) in [5.41, 5.74) is 8.92. The van der Waals surface area contributed by atoms with Crippen LogP contribution < -0.4 is 10.5 Å². The molecule has 0 radical (unpaired) electrons. The van der Waals surface area contributed by atoms with Crippen molar-refractivity contribution in [1.29, 1.82) is 0 Å². The molecule has 0 aromatic heterocycles. The topological polar surface area (TPSA) is 35.2 Å². The molecule has 2 N–H and O–H groups in total. The first-order valence-electron chi connectivity index (χ1n) is 7.11. The van der Waals surface area contributed by atoms with Crippen molar-refractivity contribution >= 4 is 0 Å². The lowest BCUT2D eigenvalue weighted by Gasteiger charge is -2.20. The molecule has 106 valence electrons. The molecule has 0 aliphatic carbocycles. The van der Waals surface area contributed by atoms with Gasteiger partial charge >= 0.3 is 0 Å². The highest BCUT2D eigenvalue weighted by atomic mass is 16.5. The Morgan fingerprint density at radius 3 is 2.35 bits per heavy atom. The molecule has 0 unspecified atom stereocenters. The van der Waals surface area contributed by atoms with Gasteiger partial charge in [0, 0.05) is 6.04 Å². The fourth-order valence-corrected chi connectivity index (χ4v) is 2.41. The minimum atomic E-state index is 0.170. The molecule has 0 aliphatic rings. The molecular formula is C18H23NO. The van der Waals surface area contributed by atoms with E-state index in [0.29, 0.717) is 5.92 Å². The van der Waals surface area contributed by atoms with E-state index in [9.17, 15) is 0 Å². The quantitative estimate of drug-likeness (QED) is 0.872. The van der Waals surface area contributed by atoms with Crippen molar-refractivity contribution < 1.29 is 4.74 Å². The van der Waals surface area contributed by atoms with Crippen LogP contribution in [0.1, 0.15) is 18.1 Å². The van der Waals surface area contributed by atoms with E-state index in [4.69, 9.17) is 10.5 Å². The molecule has 0 fully saturated rings. The molecule has 20 heavy (non-hydrogen) atoms. The van der Waals surface area contributed by atoms with Crippen LogP contribution >= 0.6 is 0 Å². The average Bonchev–Trinajstić information content (AvgIpc) is 2.48. The van der Waals surface area contributed by atoms with Crippen LogP contribution in [0.3, 0.4) is 0 Å². The van der Waals surface area contributed by atoms with Gasteiger partial charge in [0.15, 0.2) is 0 Å². The zero-order chi connectivity index (χ0) is 14.4. The number of hydrogen-bond acceptors (Lipinski definition) is 2. The number of nitrogens with two attached hydrogens (primary N) is 1. The van der Waals surface area contributed by atoms with Crippen LogP contribution in [0, 0.1) is 5.92 Å². The summed E-state index contributed by atoms with van der Waals surface area (Å²) in [5.74, 6) is 1.34. The summed E-state index contributed by atoms with van der Waals surface area (Å²) in [4.78, 5) is 0. The molecule has 0 saturated heterocycles. The van der Waals surface area contributed by atoms with E-state index in [1.807, 2.05) is 18.2 Å². The smallest absolute Gasteiger partial charge is 0.119 e. The molecule has 0 amide bonds. The first kappa shape index (κ1) is 14.6. The standard InChI is InChI=1S/C18H23NO/c1-14(11-16-9-6-10-17(12-16)20-2)18(19)13-15-7-4-3-5-8-15/h3-10,12,14,18H,11,13,19H2,1-2H3/t14-,18-/m0/s1. The van der Waals surface area contributed by atoms with Crippen LogP contribution in [0.5, 0.6) is 5.75 Å². The molecule has 0 heterocycles. The van der Waals surface area contributed by atoms with Crippen LogP contribution in [0.15, 0.2) is 54.6 Å². The van der Waals surface area contributed by atoms with Crippen LogP contribution in [0.2, 0.25) is 0 Å². The second kappa shape index (κ2) is 7.11. The fourth-order valence-electron chi connectivity index (χ4n) is 2.41. The summed E-state index contributed by atoms with van der Waals surface area (Å²) in [6.45, 7) is 2.22. The summed E-state index contributed by atoms with van der Waals surface area (Å²) in [6, 6.07) is 18.8. The largest absolute Gasteiger partial charge is 0.497 e. The van der Waals surface area contributed by atoms with E-state index >= 15 is 0 Å². The Balaban J connectivity index is 1.95. The fraction of sp³-hybridized carbons (Fsp3) is 0.333. The van der Waals surface area contributed by atoms with Crippen LogP contribution in [-0.4, -0.2) is 13.2 Å². The second-order valence-electron chi connectivity index (χ2n) is 5.39. The predicted molar refractivity (Wildman–Crippen MR) is 84.0 cm³/mol. The average molecular weight is 269 g/mol. The second-order valence-corrected chi connectivity index (χ2v) is 5.39. The molecule has 2 rings (SSSR count). The van der Waals surface area contributed by atoms with Crippen molar-refractivity contribution in [3.63, 3.8) is 0 Å². The molecular weight excluding hydrogens is 246 g/mol. The summed E-state index contributed by atoms with van der Waals surface area (Å²) in [6.07, 6.45) is 1.90. The number of benzene rings is 2. The minimum absolute atomic E-state index is 0.170. The van der Waals surface area contributed by atoms with Crippen molar-refractivity contribution in [2.75, 3.05) is 7.11 Å². The third-order valence-corrected chi connectivity index (χ3v) is 3.74. The van der Waals surface area contributed by atoms with E-state index in [1.54, 1.807) is 7.11 Å². The van der Waals surface area contributed by atoms with E-state index in [2.05, 4.69) is 43.3 Å². The van der Waals surface area contributed by atoms with Gasteiger partial charge < -0.3 is 10.5 Å². The number of hydrogen-bond donors (Lipinski definition) is 1. The van der Waals surface area contributed by atoms with Gasteiger partial charge in [-0.15, -0.1) is 0 Å². The third kappa shape index (κ3) is 4.10. The van der Waals surface area contributed by atoms with Crippen molar-refractivity contribution in [2.45, 2.75) is 25.8 Å². The van der Waals surface area contributed by atoms with Crippen molar-refractivity contribution in [2.24, 2.45) is 11.7 Å². The van der Waals surface area contributed by atoms with Gasteiger partial charge in [0.2, 0.25) is 0 Å². The predicted octanol–water partition coefficient (Wildman–Crippen LogP) is 3.44. The minimum Gasteiger partial charge on any atom is -0.497 e. The van der Waals surface area contributed by atoms with E-state index < -0.39 is 0 Å². The molecule has 2 heteroatoms. The normalized spacial score (nSPS) is 13.8. The highest BCUT2D eigenvalue weighted by Crippen LogP contribution is 2.18. The molecule has 2 aromatic carbocycles. The lowest BCUT2D eigenvalue weighted by molar-refractivity contribution is 0.412. The van der Waals surface area contributed by atoms with E-state index in [1.165, 1.54) is 11.1 Å². The van der Waals surface area contributed by atoms with E-state index in [0.717, 1.165) is 18.6 Å². The van der Waals surface area contributed by atoms with Crippen LogP contribution in [0.4, 0.5) is 0 Å². The maximum atomic E-state index is 6.34. The van der Waals surface area contributed by atoms with Crippen molar-refractivity contribution in [3.05, 3.63) is 65.7 Å². The van der Waals surface area contributed by atoms with Crippen LogP contribution in [0.25, 0.3) is 0 Å². The maximum absolute atomic E-state index is 6.34. The highest BCUT2D eigenvalue weighted by molar-refractivity contribution is 5.28. The van der Waals surface area contributed by atoms with Gasteiger partial charge in [0.1, 0.15) is 5.75 Å². The number of rotatable bonds is 6. The Morgan fingerprint density at radius 2 is 1.65 bits per heavy atom. The van der Waals surface area contributed by atoms with Gasteiger partial charge in [-0.1, -0.05) is 49.4 Å². The van der Waals surface area contributed by atoms with Gasteiger partial charge in [0.05, 0.1) is 7.11 Å². The lowest BCUT2D eigenvalue weighted by atomic mass is 9.90. The Bertz CT molecular complexity index is 524. The summed E-state index contributed by atoms with van der Waals surface area (Å²) in [5, 5.41) is 0. The zero-order valence-corrected chi connectivity index (χ0v) is 12.3. The third-order valence-electron chi connectivity index (χ3n) is 3.74. The lowest BCUT2D eigenvalue weighted by Crippen LogP contribution is -2.31. The molecule has 0 bridgehead atoms. The maximum Gasteiger partial charge on any atom is 0.119 e. The molecule has 2 aromatic rings. The van der Waals surface area contributed by atoms with Gasteiger partial charge in [-0.25, -0.2) is 0 Å². The Labute approximate surface area is 121 Å². The molecule has 0 spiro atoms. The molecule has 2 atom stereocenters. The SMILES string of the molecule is COc1cccc(C[C@H](C)[C@@H](N)Cc2ccccc2)c1. The monoisotopic (exact) mass is 269 g/mol. The van der Waals surface area contributed by atoms with Crippen molar-refractivity contribution in [3.8, 4) is 5.75 Å². The first-order chi connectivity index (χ1) is 9.69. The van der Waals surface area contributed by atoms with Gasteiger partial charge in [-0.05, 0) is 42.0 Å². The van der Waals surface area contributed by atoms with Gasteiger partial charge in [-0.2, -0.15) is 0 Å². The number of methoxy groups -OCH3 is 1. The first-order valence-corrected chi connectivity index (χ1v) is 7.11. The van der Waals surface area contributed by atoms with E-state index in [-0.39, 0.29) is 6.04 Å². The Kier molecular flexibility index (Phi) is 5.19. The van der Waals surface area contributed by atoms with Gasteiger partial charge in [-0.3, -0.25) is 0 Å². The Morgan fingerprint density at radius 1 is 0.950 bits per heavy atom. The summed E-state index contributed by atoms with van der Waals surface area (Å²) < 4.78 is 5.26. The zero-order valence-electron chi connectivity index (χ0n) is 12.3. The summed E-state index contributed by atoms with van der Waals surface area (Å²) >= 11 is 0. The van der Waals surface area contributed by atoms with Gasteiger partial charge in [0.25, 0.3) is 0 Å². The highest BCUT2D eigenvalue weighted by Gasteiger charge is 2.14. The van der Waals surface area contributed by atoms with Crippen molar-refractivity contribution in [1.82, 2.24) is 0 Å². The van der Waals surface area contributed by atoms with Crippen LogP contribution in [-0.2, 0) is 12.8 Å².